The van der Waals surface area contributed by atoms with Crippen molar-refractivity contribution in [2.45, 2.75) is 12.5 Å². The van der Waals surface area contributed by atoms with E-state index < -0.39 is 10.0 Å². The van der Waals surface area contributed by atoms with Crippen LogP contribution in [0.2, 0.25) is 0 Å². The number of rotatable bonds is 6. The van der Waals surface area contributed by atoms with Gasteiger partial charge in [-0.15, -0.1) is 0 Å². The van der Waals surface area contributed by atoms with Crippen LogP contribution >= 0.6 is 0 Å². The van der Waals surface area contributed by atoms with Gasteiger partial charge in [-0.2, -0.15) is 4.31 Å². The molecule has 0 amide bonds. The van der Waals surface area contributed by atoms with Crippen LogP contribution in [0.5, 0.6) is 0 Å². The summed E-state index contributed by atoms with van der Waals surface area (Å²) in [6.07, 6.45) is 0.761. The molecule has 1 unspecified atom stereocenters. The quantitative estimate of drug-likeness (QED) is 0.771. The minimum atomic E-state index is -3.14. The standard InChI is InChI=1S/C17H27N3O3S/c21-13-12-18-8-10-19(11-9-18)17-14-20(24(22,23)15-17)7-6-16-4-2-1-3-5-16/h1-5,17,21H,6-15H2. The molecule has 0 saturated carbocycles. The lowest BCUT2D eigenvalue weighted by atomic mass is 10.1. The zero-order chi connectivity index (χ0) is 17.0. The molecule has 7 heteroatoms. The highest BCUT2D eigenvalue weighted by atomic mass is 32.2. The molecule has 134 valence electrons. The second kappa shape index (κ2) is 7.93. The number of aliphatic hydroxyl groups is 1. The fourth-order valence-electron chi connectivity index (χ4n) is 3.59. The van der Waals surface area contributed by atoms with Crippen LogP contribution in [-0.4, -0.2) is 91.8 Å². The number of benzene rings is 1. The van der Waals surface area contributed by atoms with Gasteiger partial charge in [-0.05, 0) is 12.0 Å². The summed E-state index contributed by atoms with van der Waals surface area (Å²) >= 11 is 0. The minimum absolute atomic E-state index is 0.0991. The summed E-state index contributed by atoms with van der Waals surface area (Å²) in [5.74, 6) is 0.238. The molecule has 2 aliphatic heterocycles. The fraction of sp³-hybridized carbons (Fsp3) is 0.647. The van der Waals surface area contributed by atoms with E-state index >= 15 is 0 Å². The Balaban J connectivity index is 1.53. The Morgan fingerprint density at radius 1 is 1.04 bits per heavy atom. The lowest BCUT2D eigenvalue weighted by molar-refractivity contribution is 0.0884. The van der Waals surface area contributed by atoms with Crippen molar-refractivity contribution < 1.29 is 13.5 Å². The van der Waals surface area contributed by atoms with Crippen molar-refractivity contribution >= 4 is 10.0 Å². The zero-order valence-corrected chi connectivity index (χ0v) is 14.9. The normalized spacial score (nSPS) is 26.0. The fourth-order valence-corrected chi connectivity index (χ4v) is 5.38. The maximum atomic E-state index is 12.5. The summed E-state index contributed by atoms with van der Waals surface area (Å²) in [6.45, 7) is 5.63. The second-order valence-electron chi connectivity index (χ2n) is 6.63. The van der Waals surface area contributed by atoms with Crippen molar-refractivity contribution in [2.24, 2.45) is 0 Å². The molecule has 1 aromatic carbocycles. The first-order valence-electron chi connectivity index (χ1n) is 8.67. The van der Waals surface area contributed by atoms with Crippen LogP contribution in [0.1, 0.15) is 5.56 Å². The monoisotopic (exact) mass is 353 g/mol. The van der Waals surface area contributed by atoms with Crippen LogP contribution in [0.4, 0.5) is 0 Å². The van der Waals surface area contributed by atoms with Gasteiger partial charge in [0.1, 0.15) is 0 Å². The Kier molecular flexibility index (Phi) is 5.89. The third-order valence-corrected chi connectivity index (χ3v) is 6.97. The number of hydrogen-bond donors (Lipinski definition) is 1. The van der Waals surface area contributed by atoms with Crippen LogP contribution in [0.15, 0.2) is 30.3 Å². The number of aliphatic hydroxyl groups excluding tert-OH is 1. The van der Waals surface area contributed by atoms with E-state index in [4.69, 9.17) is 5.11 Å². The molecule has 0 bridgehead atoms. The SMILES string of the molecule is O=S1(=O)CC(N2CCN(CCO)CC2)CN1CCc1ccccc1. The molecule has 2 heterocycles. The van der Waals surface area contributed by atoms with Crippen LogP contribution in [0.3, 0.4) is 0 Å². The summed E-state index contributed by atoms with van der Waals surface area (Å²) in [5, 5.41) is 9.01. The smallest absolute Gasteiger partial charge is 0.215 e. The lowest BCUT2D eigenvalue weighted by Gasteiger charge is -2.37. The predicted molar refractivity (Wildman–Crippen MR) is 94.4 cm³/mol. The number of piperazine rings is 1. The molecule has 0 spiro atoms. The largest absolute Gasteiger partial charge is 0.395 e. The first-order chi connectivity index (χ1) is 11.6. The van der Waals surface area contributed by atoms with E-state index in [1.54, 1.807) is 4.31 Å². The highest BCUT2D eigenvalue weighted by Crippen LogP contribution is 2.20. The van der Waals surface area contributed by atoms with Crippen molar-refractivity contribution in [1.29, 1.82) is 0 Å². The average molecular weight is 353 g/mol. The predicted octanol–water partition coefficient (Wildman–Crippen LogP) is -0.147. The molecule has 0 aromatic heterocycles. The Morgan fingerprint density at radius 3 is 2.42 bits per heavy atom. The van der Waals surface area contributed by atoms with Gasteiger partial charge < -0.3 is 5.11 Å². The van der Waals surface area contributed by atoms with Crippen molar-refractivity contribution in [3.05, 3.63) is 35.9 Å². The van der Waals surface area contributed by atoms with Crippen molar-refractivity contribution in [3.8, 4) is 0 Å². The van der Waals surface area contributed by atoms with E-state index in [-0.39, 0.29) is 18.4 Å². The van der Waals surface area contributed by atoms with Gasteiger partial charge in [0.15, 0.2) is 0 Å². The van der Waals surface area contributed by atoms with Crippen LogP contribution in [-0.2, 0) is 16.4 Å². The van der Waals surface area contributed by atoms with Gasteiger partial charge in [0.2, 0.25) is 10.0 Å². The highest BCUT2D eigenvalue weighted by Gasteiger charge is 2.39. The third kappa shape index (κ3) is 4.34. The van der Waals surface area contributed by atoms with Crippen molar-refractivity contribution in [2.75, 3.05) is 58.2 Å². The van der Waals surface area contributed by atoms with Gasteiger partial charge in [-0.1, -0.05) is 30.3 Å². The van der Waals surface area contributed by atoms with Crippen LogP contribution in [0.25, 0.3) is 0 Å². The molecule has 2 aliphatic rings. The Bertz CT molecular complexity index is 615. The number of nitrogens with zero attached hydrogens (tertiary/aromatic N) is 3. The van der Waals surface area contributed by atoms with Gasteiger partial charge in [-0.3, -0.25) is 9.80 Å². The highest BCUT2D eigenvalue weighted by molar-refractivity contribution is 7.89. The Morgan fingerprint density at radius 2 is 1.75 bits per heavy atom. The Hall–Kier alpha value is -0.990. The Labute approximate surface area is 144 Å². The van der Waals surface area contributed by atoms with Crippen molar-refractivity contribution in [1.82, 2.24) is 14.1 Å². The van der Waals surface area contributed by atoms with E-state index in [0.29, 0.717) is 19.6 Å². The minimum Gasteiger partial charge on any atom is -0.395 e. The summed E-state index contributed by atoms with van der Waals surface area (Å²) < 4.78 is 26.6. The third-order valence-electron chi connectivity index (χ3n) is 5.04. The van der Waals surface area contributed by atoms with Gasteiger partial charge >= 0.3 is 0 Å². The maximum Gasteiger partial charge on any atom is 0.215 e. The topological polar surface area (TPSA) is 64.1 Å². The van der Waals surface area contributed by atoms with E-state index in [0.717, 1.165) is 32.6 Å². The van der Waals surface area contributed by atoms with E-state index in [2.05, 4.69) is 9.80 Å². The van der Waals surface area contributed by atoms with Crippen molar-refractivity contribution in [3.63, 3.8) is 0 Å². The summed E-state index contributed by atoms with van der Waals surface area (Å²) in [6, 6.07) is 10.1. The molecule has 2 fully saturated rings. The van der Waals surface area contributed by atoms with E-state index in [9.17, 15) is 8.42 Å². The van der Waals surface area contributed by atoms with E-state index in [1.165, 1.54) is 5.56 Å². The molecule has 3 rings (SSSR count). The molecule has 1 N–H and O–H groups in total. The first kappa shape index (κ1) is 17.8. The molecule has 2 saturated heterocycles. The molecule has 1 atom stereocenters. The van der Waals surface area contributed by atoms with Crippen LogP contribution < -0.4 is 0 Å². The summed E-state index contributed by atoms with van der Waals surface area (Å²) in [4.78, 5) is 4.53. The molecule has 1 aromatic rings. The van der Waals surface area contributed by atoms with Gasteiger partial charge in [0.25, 0.3) is 0 Å². The van der Waals surface area contributed by atoms with Crippen LogP contribution in [0, 0.1) is 0 Å². The average Bonchev–Trinajstić information content (AvgIpc) is 2.89. The second-order valence-corrected chi connectivity index (χ2v) is 8.64. The molecular formula is C17H27N3O3S. The number of sulfonamides is 1. The summed E-state index contributed by atoms with van der Waals surface area (Å²) in [7, 11) is -3.14. The van der Waals surface area contributed by atoms with Gasteiger partial charge in [-0.25, -0.2) is 8.42 Å². The van der Waals surface area contributed by atoms with E-state index in [1.807, 2.05) is 30.3 Å². The lowest BCUT2D eigenvalue weighted by Crippen LogP contribution is -2.52. The number of hydrogen-bond acceptors (Lipinski definition) is 5. The zero-order valence-electron chi connectivity index (χ0n) is 14.0. The molecule has 6 nitrogen and oxygen atoms in total. The maximum absolute atomic E-state index is 12.5. The number of β-amino-alcohol motifs (C(OH)–C–C–N with tert-alkyl or cyclic N) is 1. The molecule has 24 heavy (non-hydrogen) atoms. The summed E-state index contributed by atoms with van der Waals surface area (Å²) in [5.41, 5.74) is 1.17. The molecule has 0 aliphatic carbocycles. The van der Waals surface area contributed by atoms with Gasteiger partial charge in [0, 0.05) is 51.9 Å². The van der Waals surface area contributed by atoms with Gasteiger partial charge in [0.05, 0.1) is 12.4 Å². The molecular weight excluding hydrogens is 326 g/mol. The molecule has 0 radical (unpaired) electrons. The first-order valence-corrected chi connectivity index (χ1v) is 10.3.